The van der Waals surface area contributed by atoms with E-state index in [9.17, 15) is 0 Å². The smallest absolute Gasteiger partial charge is 0.226 e. The molecule has 14 heavy (non-hydrogen) atoms. The molecule has 82 valence electrons. The van der Waals surface area contributed by atoms with E-state index in [1.807, 2.05) is 6.92 Å². The lowest BCUT2D eigenvalue weighted by Crippen LogP contribution is -2.49. The van der Waals surface area contributed by atoms with Gasteiger partial charge in [0.15, 0.2) is 14.6 Å². The molecule has 0 spiro atoms. The van der Waals surface area contributed by atoms with E-state index in [1.54, 1.807) is 0 Å². The number of ether oxygens (including phenoxy) is 1. The van der Waals surface area contributed by atoms with Gasteiger partial charge in [0.25, 0.3) is 0 Å². The zero-order valence-electron chi connectivity index (χ0n) is 9.20. The summed E-state index contributed by atoms with van der Waals surface area (Å²) in [5.41, 5.74) is 0. The maximum atomic E-state index is 6.02. The minimum absolute atomic E-state index is 0.00733. The predicted octanol–water partition coefficient (Wildman–Crippen LogP) is 2.02. The summed E-state index contributed by atoms with van der Waals surface area (Å²) in [6.07, 6.45) is 1.62. The molecule has 2 saturated heterocycles. The Bertz CT molecular complexity index is 227. The number of hydrogen-bond donors (Lipinski definition) is 0. The molecule has 2 heterocycles. The van der Waals surface area contributed by atoms with Gasteiger partial charge in [-0.05, 0) is 33.0 Å². The Morgan fingerprint density at radius 3 is 2.64 bits per heavy atom. The second-order valence-corrected chi connectivity index (χ2v) is 9.50. The molecule has 0 amide bonds. The Hall–Kier alpha value is 0.0569. The van der Waals surface area contributed by atoms with E-state index in [0.717, 1.165) is 12.8 Å². The van der Waals surface area contributed by atoms with Crippen molar-refractivity contribution in [3.05, 3.63) is 0 Å². The molecular weight excluding hydrogens is 200 g/mol. The average Bonchev–Trinajstić information content (AvgIpc) is 2.34. The molecule has 0 aliphatic carbocycles. The Morgan fingerprint density at radius 1 is 1.29 bits per heavy atom. The molecule has 0 radical (unpaired) electrons. The van der Waals surface area contributed by atoms with Crippen molar-refractivity contribution in [1.82, 2.24) is 0 Å². The van der Waals surface area contributed by atoms with Crippen LogP contribution in [0.5, 0.6) is 0 Å². The molecule has 2 fully saturated rings. The van der Waals surface area contributed by atoms with Gasteiger partial charge in [0.2, 0.25) is 5.79 Å². The first-order valence-electron chi connectivity index (χ1n) is 5.09. The first-order valence-corrected chi connectivity index (χ1v) is 8.50. The van der Waals surface area contributed by atoms with Crippen LogP contribution in [0, 0.1) is 0 Å². The Balaban J connectivity index is 2.05. The van der Waals surface area contributed by atoms with Crippen LogP contribution in [-0.2, 0) is 18.9 Å². The second-order valence-electron chi connectivity index (χ2n) is 5.04. The van der Waals surface area contributed by atoms with Crippen LogP contribution in [0.3, 0.4) is 0 Å². The highest BCUT2D eigenvalue weighted by Gasteiger charge is 2.51. The summed E-state index contributed by atoms with van der Waals surface area (Å²) in [6.45, 7) is 8.38. The first-order chi connectivity index (χ1) is 6.39. The monoisotopic (exact) mass is 218 g/mol. The maximum absolute atomic E-state index is 6.02. The highest BCUT2D eigenvalue weighted by Crippen LogP contribution is 2.39. The first kappa shape index (κ1) is 10.6. The Kier molecular flexibility index (Phi) is 2.48. The van der Waals surface area contributed by atoms with Gasteiger partial charge in [-0.25, -0.2) is 4.89 Å². The molecular formula is C9H18O4Si. The highest BCUT2D eigenvalue weighted by molar-refractivity contribution is 6.69. The average molecular weight is 218 g/mol. The summed E-state index contributed by atoms with van der Waals surface area (Å²) < 4.78 is 11.6. The van der Waals surface area contributed by atoms with Crippen LogP contribution in [0.2, 0.25) is 19.6 Å². The second kappa shape index (κ2) is 3.28. The molecule has 4 nitrogen and oxygen atoms in total. The zero-order chi connectivity index (χ0) is 10.4. The third kappa shape index (κ3) is 2.01. The largest absolute Gasteiger partial charge is 0.409 e. The Labute approximate surface area is 85.5 Å². The number of rotatable bonds is 2. The third-order valence-electron chi connectivity index (χ3n) is 2.43. The van der Waals surface area contributed by atoms with Gasteiger partial charge in [0, 0.05) is 6.42 Å². The van der Waals surface area contributed by atoms with Gasteiger partial charge in [-0.1, -0.05) is 0 Å². The predicted molar refractivity (Wildman–Crippen MR) is 52.9 cm³/mol. The van der Waals surface area contributed by atoms with Crippen LogP contribution in [0.4, 0.5) is 0 Å². The summed E-state index contributed by atoms with van der Waals surface area (Å²) in [5.74, 6) is -0.691. The lowest BCUT2D eigenvalue weighted by molar-refractivity contribution is -0.335. The van der Waals surface area contributed by atoms with Crippen LogP contribution < -0.4 is 0 Å². The van der Waals surface area contributed by atoms with Crippen molar-refractivity contribution in [1.29, 1.82) is 0 Å². The minimum atomic E-state index is -1.55. The lowest BCUT2D eigenvalue weighted by atomic mass is 10.0. The van der Waals surface area contributed by atoms with Gasteiger partial charge < -0.3 is 9.16 Å². The summed E-state index contributed by atoms with van der Waals surface area (Å²) in [7, 11) is -1.55. The zero-order valence-corrected chi connectivity index (χ0v) is 10.2. The summed E-state index contributed by atoms with van der Waals surface area (Å²) in [6, 6.07) is 0. The van der Waals surface area contributed by atoms with E-state index in [1.165, 1.54) is 0 Å². The van der Waals surface area contributed by atoms with Crippen molar-refractivity contribution in [2.45, 2.75) is 57.6 Å². The molecule has 0 aromatic rings. The quantitative estimate of drug-likeness (QED) is 0.525. The SMILES string of the molecule is C[C@]12OO[C@H](CC[C@@H]1O[Si](C)(C)C)O2. The van der Waals surface area contributed by atoms with Crippen molar-refractivity contribution < 1.29 is 18.9 Å². The molecule has 0 unspecified atom stereocenters. The molecule has 2 aliphatic rings. The molecule has 2 aliphatic heterocycles. The number of hydrogen-bond acceptors (Lipinski definition) is 4. The molecule has 2 rings (SSSR count). The normalized spacial score (nSPS) is 42.9. The van der Waals surface area contributed by atoms with E-state index in [0.29, 0.717) is 0 Å². The fourth-order valence-electron chi connectivity index (χ4n) is 1.83. The molecule has 0 aromatic heterocycles. The van der Waals surface area contributed by atoms with E-state index >= 15 is 0 Å². The minimum Gasteiger partial charge on any atom is -0.409 e. The third-order valence-corrected chi connectivity index (χ3v) is 3.42. The van der Waals surface area contributed by atoms with Crippen LogP contribution in [0.15, 0.2) is 0 Å². The van der Waals surface area contributed by atoms with Gasteiger partial charge in [-0.15, -0.1) is 0 Å². The van der Waals surface area contributed by atoms with Gasteiger partial charge in [0.1, 0.15) is 6.10 Å². The molecule has 0 N–H and O–H groups in total. The fourth-order valence-corrected chi connectivity index (χ4v) is 3.01. The van der Waals surface area contributed by atoms with E-state index < -0.39 is 14.1 Å². The van der Waals surface area contributed by atoms with E-state index in [4.69, 9.17) is 18.9 Å². The molecule has 0 saturated carbocycles. The van der Waals surface area contributed by atoms with Gasteiger partial charge >= 0.3 is 0 Å². The summed E-state index contributed by atoms with van der Waals surface area (Å²) >= 11 is 0. The highest BCUT2D eigenvalue weighted by atomic mass is 28.4. The van der Waals surface area contributed by atoms with Crippen molar-refractivity contribution in [2.24, 2.45) is 0 Å². The van der Waals surface area contributed by atoms with Crippen molar-refractivity contribution >= 4 is 8.32 Å². The Morgan fingerprint density at radius 2 is 2.00 bits per heavy atom. The van der Waals surface area contributed by atoms with Crippen LogP contribution >= 0.6 is 0 Å². The van der Waals surface area contributed by atoms with Gasteiger partial charge in [0.05, 0.1) is 0 Å². The standard InChI is InChI=1S/C9H18O4Si/c1-9-7(12-14(2,3)4)5-6-8(10-9)11-13-9/h7-8H,5-6H2,1-4H3/t7-,8+,9-/m0/s1. The van der Waals surface area contributed by atoms with Crippen LogP contribution in [0.1, 0.15) is 19.8 Å². The molecule has 5 heteroatoms. The molecule has 0 aromatic carbocycles. The number of fused-ring (bicyclic) bond motifs is 2. The van der Waals surface area contributed by atoms with E-state index in [-0.39, 0.29) is 12.4 Å². The van der Waals surface area contributed by atoms with Gasteiger partial charge in [-0.3, -0.25) is 0 Å². The van der Waals surface area contributed by atoms with Crippen molar-refractivity contribution in [3.8, 4) is 0 Å². The summed E-state index contributed by atoms with van der Waals surface area (Å²) in [5, 5.41) is 0. The maximum Gasteiger partial charge on any atom is 0.226 e. The summed E-state index contributed by atoms with van der Waals surface area (Å²) in [4.78, 5) is 10.2. The topological polar surface area (TPSA) is 36.9 Å². The lowest BCUT2D eigenvalue weighted by Gasteiger charge is -2.37. The molecule has 2 bridgehead atoms. The van der Waals surface area contributed by atoms with Crippen LogP contribution in [-0.4, -0.2) is 26.5 Å². The van der Waals surface area contributed by atoms with Crippen molar-refractivity contribution in [2.75, 3.05) is 0 Å². The fraction of sp³-hybridized carbons (Fsp3) is 1.00. The molecule has 3 atom stereocenters. The van der Waals surface area contributed by atoms with Crippen LogP contribution in [0.25, 0.3) is 0 Å². The van der Waals surface area contributed by atoms with Crippen molar-refractivity contribution in [3.63, 3.8) is 0 Å². The van der Waals surface area contributed by atoms with Gasteiger partial charge in [-0.2, -0.15) is 4.89 Å². The van der Waals surface area contributed by atoms with E-state index in [2.05, 4.69) is 19.6 Å².